The summed E-state index contributed by atoms with van der Waals surface area (Å²) in [5, 5.41) is -4.62. The van der Waals surface area contributed by atoms with Crippen LogP contribution in [-0.4, -0.2) is 42.7 Å². The number of rotatable bonds is 14. The minimum absolute atomic E-state index is 0.00178. The van der Waals surface area contributed by atoms with Crippen LogP contribution >= 0.6 is 11.8 Å². The van der Waals surface area contributed by atoms with Crippen molar-refractivity contribution in [3.63, 3.8) is 0 Å². The van der Waals surface area contributed by atoms with Crippen LogP contribution in [0.1, 0.15) is 32.8 Å². The highest BCUT2D eigenvalue weighted by Crippen LogP contribution is 2.59. The fourth-order valence-electron chi connectivity index (χ4n) is 5.11. The molecule has 0 amide bonds. The lowest BCUT2D eigenvalue weighted by atomic mass is 10.0. The monoisotopic (exact) mass is 778 g/mol. The van der Waals surface area contributed by atoms with Crippen molar-refractivity contribution in [1.82, 2.24) is 0 Å². The summed E-state index contributed by atoms with van der Waals surface area (Å²) >= 11 is 0.00178. The van der Waals surface area contributed by atoms with Gasteiger partial charge in [-0.15, -0.1) is 11.8 Å². The van der Waals surface area contributed by atoms with Crippen molar-refractivity contribution < 1.29 is 72.3 Å². The lowest BCUT2D eigenvalue weighted by molar-refractivity contribution is 0.366. The summed E-state index contributed by atoms with van der Waals surface area (Å²) in [6.07, 6.45) is 0. The van der Waals surface area contributed by atoms with Gasteiger partial charge in [0.15, 0.2) is 58.2 Å². The first-order valence-corrected chi connectivity index (χ1v) is 15.8. The standard InChI is InChI=1S/C36H28F10O6S/c1-47-15-11-21(49-3)25(22(12-15)50-4)35(33(45)29(41)17-7-9-19(37)31(43)27(17)39)53-36(26-23(51-5)13-16(48-2)14-24(26)52-6)34(46)30(42)18-8-10-20(38)32(44)28(18)40/h7-14,35-36H,1-6H3/b33-29-,34-30?. The number of benzene rings is 4. The molecule has 2 unspecified atom stereocenters. The minimum atomic E-state index is -2.31. The summed E-state index contributed by atoms with van der Waals surface area (Å²) in [6.45, 7) is 0. The van der Waals surface area contributed by atoms with E-state index >= 15 is 17.6 Å². The van der Waals surface area contributed by atoms with Gasteiger partial charge in [-0.3, -0.25) is 0 Å². The predicted molar refractivity (Wildman–Crippen MR) is 176 cm³/mol. The molecule has 284 valence electrons. The number of methoxy groups -OCH3 is 6. The first-order valence-electron chi connectivity index (χ1n) is 14.8. The van der Waals surface area contributed by atoms with Gasteiger partial charge < -0.3 is 28.4 Å². The molecule has 0 aliphatic heterocycles. The number of thioether (sulfide) groups is 1. The van der Waals surface area contributed by atoms with E-state index in [0.29, 0.717) is 24.3 Å². The Morgan fingerprint density at radius 2 is 0.755 bits per heavy atom. The summed E-state index contributed by atoms with van der Waals surface area (Å²) in [7, 11) is 6.84. The smallest absolute Gasteiger partial charge is 0.195 e. The molecule has 0 aliphatic rings. The Kier molecular flexibility index (Phi) is 13.1. The van der Waals surface area contributed by atoms with Crippen molar-refractivity contribution in [1.29, 1.82) is 0 Å². The number of hydrogen-bond acceptors (Lipinski definition) is 7. The third-order valence-electron chi connectivity index (χ3n) is 7.73. The highest BCUT2D eigenvalue weighted by atomic mass is 32.2. The number of hydrogen-bond donors (Lipinski definition) is 0. The molecule has 2 atom stereocenters. The van der Waals surface area contributed by atoms with Crippen molar-refractivity contribution in [2.75, 3.05) is 42.7 Å². The van der Waals surface area contributed by atoms with Gasteiger partial charge >= 0.3 is 0 Å². The molecule has 0 saturated heterocycles. The van der Waals surface area contributed by atoms with E-state index in [2.05, 4.69) is 0 Å². The van der Waals surface area contributed by atoms with Gasteiger partial charge in [0.25, 0.3) is 0 Å². The molecule has 0 aliphatic carbocycles. The van der Waals surface area contributed by atoms with E-state index in [0.717, 1.165) is 28.4 Å². The Hall–Kier alpha value is -5.19. The highest BCUT2D eigenvalue weighted by Gasteiger charge is 2.39. The van der Waals surface area contributed by atoms with Crippen molar-refractivity contribution in [3.05, 3.63) is 117 Å². The van der Waals surface area contributed by atoms with Gasteiger partial charge in [-0.1, -0.05) is 0 Å². The Morgan fingerprint density at radius 3 is 1.02 bits per heavy atom. The quantitative estimate of drug-likeness (QED) is 0.0933. The molecule has 4 aromatic rings. The van der Waals surface area contributed by atoms with Gasteiger partial charge in [0.2, 0.25) is 0 Å². The Bertz CT molecular complexity index is 1880. The average Bonchev–Trinajstić information content (AvgIpc) is 3.17. The van der Waals surface area contributed by atoms with E-state index in [4.69, 9.17) is 28.4 Å². The summed E-state index contributed by atoms with van der Waals surface area (Å²) in [6, 6.07) is 6.10. The maximum absolute atomic E-state index is 16.9. The van der Waals surface area contributed by atoms with E-state index in [1.807, 2.05) is 0 Å². The first-order chi connectivity index (χ1) is 25.2. The molecule has 53 heavy (non-hydrogen) atoms. The second kappa shape index (κ2) is 17.1. The highest BCUT2D eigenvalue weighted by molar-refractivity contribution is 8.00. The van der Waals surface area contributed by atoms with Crippen LogP contribution in [0.3, 0.4) is 0 Å². The van der Waals surface area contributed by atoms with Crippen molar-refractivity contribution in [2.24, 2.45) is 0 Å². The van der Waals surface area contributed by atoms with Gasteiger partial charge in [-0.2, -0.15) is 0 Å². The maximum atomic E-state index is 16.9. The third-order valence-corrected chi connectivity index (χ3v) is 9.16. The van der Waals surface area contributed by atoms with Crippen LogP contribution in [0.2, 0.25) is 0 Å². The summed E-state index contributed by atoms with van der Waals surface area (Å²) in [5.74, 6) is -21.4. The van der Waals surface area contributed by atoms with Gasteiger partial charge in [0.05, 0.1) is 75.4 Å². The molecule has 4 rings (SSSR count). The van der Waals surface area contributed by atoms with E-state index in [1.54, 1.807) is 0 Å². The Labute approximate surface area is 300 Å². The molecule has 0 spiro atoms. The van der Waals surface area contributed by atoms with Crippen molar-refractivity contribution >= 4 is 23.4 Å². The minimum Gasteiger partial charge on any atom is -0.496 e. The predicted octanol–water partition coefficient (Wildman–Crippen LogP) is 10.7. The SMILES string of the molecule is COc1cc(OC)c(C(SC(/C(F)=C(/F)c2ccc(F)c(F)c2F)c2c(OC)cc(OC)cc2OC)C(F)=C(F)c2ccc(F)c(F)c2F)c(OC)c1. The van der Waals surface area contributed by atoms with Crippen molar-refractivity contribution in [2.45, 2.75) is 10.5 Å². The summed E-state index contributed by atoms with van der Waals surface area (Å²) in [5.41, 5.74) is -3.72. The molecule has 17 heteroatoms. The maximum Gasteiger partial charge on any atom is 0.195 e. The van der Waals surface area contributed by atoms with Crippen molar-refractivity contribution in [3.8, 4) is 34.5 Å². The van der Waals surface area contributed by atoms with E-state index in [1.165, 1.54) is 38.5 Å². The van der Waals surface area contributed by atoms with Gasteiger partial charge in [-0.05, 0) is 24.3 Å². The Balaban J connectivity index is 2.17. The lowest BCUT2D eigenvalue weighted by Gasteiger charge is -2.28. The van der Waals surface area contributed by atoms with Gasteiger partial charge in [-0.25, -0.2) is 43.9 Å². The van der Waals surface area contributed by atoms with Gasteiger partial charge in [0, 0.05) is 24.3 Å². The fraction of sp³-hybridized carbons (Fsp3) is 0.222. The summed E-state index contributed by atoms with van der Waals surface area (Å²) in [4.78, 5) is 0. The normalized spacial score (nSPS) is 13.4. The van der Waals surface area contributed by atoms with Crippen LogP contribution in [-0.2, 0) is 0 Å². The average molecular weight is 779 g/mol. The number of halogens is 10. The van der Waals surface area contributed by atoms with Gasteiger partial charge in [0.1, 0.15) is 34.5 Å². The second-order valence-corrected chi connectivity index (χ2v) is 11.8. The summed E-state index contributed by atoms with van der Waals surface area (Å²) < 4.78 is 184. The first kappa shape index (κ1) is 40.6. The zero-order valence-electron chi connectivity index (χ0n) is 28.4. The van der Waals surface area contributed by atoms with Crippen LogP contribution in [0, 0.1) is 34.9 Å². The molecule has 0 N–H and O–H groups in total. The molecule has 6 nitrogen and oxygen atoms in total. The van der Waals surface area contributed by atoms with E-state index in [9.17, 15) is 26.3 Å². The second-order valence-electron chi connectivity index (χ2n) is 10.6. The molecule has 0 fully saturated rings. The number of ether oxygens (including phenoxy) is 6. The van der Waals surface area contributed by atoms with Crippen LogP contribution in [0.25, 0.3) is 11.7 Å². The molecule has 0 radical (unpaired) electrons. The fourth-order valence-corrected chi connectivity index (χ4v) is 6.56. The molecule has 0 bridgehead atoms. The zero-order chi connectivity index (χ0) is 39.3. The van der Waals surface area contributed by atoms with Crippen LogP contribution < -0.4 is 28.4 Å². The molecule has 0 saturated carbocycles. The Morgan fingerprint density at radius 1 is 0.453 bits per heavy atom. The van der Waals surface area contributed by atoms with E-state index < -0.39 is 91.0 Å². The largest absolute Gasteiger partial charge is 0.496 e. The van der Waals surface area contributed by atoms with Crippen LogP contribution in [0.15, 0.2) is 60.2 Å². The topological polar surface area (TPSA) is 55.4 Å². The zero-order valence-corrected chi connectivity index (χ0v) is 29.2. The molecular weight excluding hydrogens is 750 g/mol. The molecule has 4 aromatic carbocycles. The van der Waals surface area contributed by atoms with Crippen LogP contribution in [0.5, 0.6) is 34.5 Å². The van der Waals surface area contributed by atoms with Crippen LogP contribution in [0.4, 0.5) is 43.9 Å². The third kappa shape index (κ3) is 7.94. The lowest BCUT2D eigenvalue weighted by Crippen LogP contribution is -2.10. The molecule has 0 aromatic heterocycles. The molecule has 0 heterocycles. The van der Waals surface area contributed by atoms with E-state index in [-0.39, 0.29) is 46.3 Å². The molecular formula is C36H28F10O6S.